The van der Waals surface area contributed by atoms with Gasteiger partial charge in [-0.1, -0.05) is 30.3 Å². The number of carbonyl (C=O) groups excluding carboxylic acids is 1. The van der Waals surface area contributed by atoms with Crippen LogP contribution in [-0.2, 0) is 11.3 Å². The zero-order valence-corrected chi connectivity index (χ0v) is 21.7. The van der Waals surface area contributed by atoms with Crippen molar-refractivity contribution in [2.45, 2.75) is 32.0 Å². The van der Waals surface area contributed by atoms with Gasteiger partial charge >= 0.3 is 0 Å². The van der Waals surface area contributed by atoms with Gasteiger partial charge in [0.05, 0.1) is 23.3 Å². The molecule has 2 aliphatic heterocycles. The van der Waals surface area contributed by atoms with Crippen LogP contribution in [0.4, 0.5) is 8.78 Å². The summed E-state index contributed by atoms with van der Waals surface area (Å²) in [6.07, 6.45) is 0. The molecule has 2 aliphatic rings. The van der Waals surface area contributed by atoms with E-state index in [-0.39, 0.29) is 23.9 Å². The number of hydrogen-bond donors (Lipinski definition) is 1. The number of rotatable bonds is 7. The van der Waals surface area contributed by atoms with E-state index in [0.717, 1.165) is 28.3 Å². The number of benzene rings is 3. The Morgan fingerprint density at radius 3 is 2.41 bits per heavy atom. The molecule has 0 radical (unpaired) electrons. The maximum atomic E-state index is 15.4. The highest BCUT2D eigenvalue weighted by atomic mass is 19.1. The molecule has 0 bridgehead atoms. The molecule has 6 nitrogen and oxygen atoms in total. The van der Waals surface area contributed by atoms with Gasteiger partial charge in [-0.3, -0.25) is 14.7 Å². The summed E-state index contributed by atoms with van der Waals surface area (Å²) < 4.78 is 29.7. The summed E-state index contributed by atoms with van der Waals surface area (Å²) in [5.74, 6) is -0.813. The molecule has 1 N–H and O–H groups in total. The van der Waals surface area contributed by atoms with Crippen LogP contribution < -0.4 is 5.32 Å². The highest BCUT2D eigenvalue weighted by Crippen LogP contribution is 2.43. The second kappa shape index (κ2) is 10.4. The lowest BCUT2D eigenvalue weighted by Gasteiger charge is -2.47. The van der Waals surface area contributed by atoms with E-state index in [9.17, 15) is 19.7 Å². The number of nitriles is 2. The van der Waals surface area contributed by atoms with Crippen LogP contribution >= 0.6 is 0 Å². The quantitative estimate of drug-likeness (QED) is 0.468. The summed E-state index contributed by atoms with van der Waals surface area (Å²) in [5.41, 5.74) is 3.24. The smallest absolute Gasteiger partial charge is 0.247 e. The van der Waals surface area contributed by atoms with E-state index in [1.165, 1.54) is 19.9 Å². The molecule has 5 rings (SSSR count). The minimum atomic E-state index is -1.61. The Hall–Kier alpha value is -4.40. The van der Waals surface area contributed by atoms with Gasteiger partial charge in [-0.25, -0.2) is 8.78 Å². The monoisotopic (exact) mass is 523 g/mol. The van der Waals surface area contributed by atoms with E-state index < -0.39 is 17.4 Å². The number of alkyl halides is 1. The fraction of sp³-hybridized carbons (Fsp3) is 0.290. The summed E-state index contributed by atoms with van der Waals surface area (Å²) in [6.45, 7) is 4.86. The first-order valence-electron chi connectivity index (χ1n) is 12.7. The van der Waals surface area contributed by atoms with E-state index in [0.29, 0.717) is 36.6 Å². The van der Waals surface area contributed by atoms with Gasteiger partial charge in [-0.05, 0) is 72.4 Å². The van der Waals surface area contributed by atoms with E-state index in [2.05, 4.69) is 21.3 Å². The Balaban J connectivity index is 1.43. The molecule has 0 saturated carbocycles. The number of hydrogen-bond acceptors (Lipinski definition) is 5. The Labute approximate surface area is 226 Å². The van der Waals surface area contributed by atoms with Crippen molar-refractivity contribution in [1.29, 1.82) is 10.5 Å². The number of halogens is 2. The predicted molar refractivity (Wildman–Crippen MR) is 144 cm³/mol. The first kappa shape index (κ1) is 26.2. The summed E-state index contributed by atoms with van der Waals surface area (Å²) in [4.78, 5) is 18.5. The second-order valence-corrected chi connectivity index (χ2v) is 10.6. The number of amides is 1. The molecule has 0 aliphatic carbocycles. The molecule has 0 unspecified atom stereocenters. The molecular formula is C31H27F2N5O. The SMILES string of the molecule is CC(C)(F)[C@H](c1cc(F)cc(C#N)c1)C1CN(Cc2cccc(C3=NCC(=O)N3)c2-c2ccc(C#N)cc2)C1. The number of carbonyl (C=O) groups is 1. The van der Waals surface area contributed by atoms with Crippen molar-refractivity contribution in [2.24, 2.45) is 10.9 Å². The van der Waals surface area contributed by atoms with Crippen LogP contribution in [0.2, 0.25) is 0 Å². The summed E-state index contributed by atoms with van der Waals surface area (Å²) in [7, 11) is 0. The lowest BCUT2D eigenvalue weighted by atomic mass is 9.72. The van der Waals surface area contributed by atoms with E-state index in [4.69, 9.17) is 0 Å². The molecule has 8 heteroatoms. The van der Waals surface area contributed by atoms with Crippen molar-refractivity contribution in [2.75, 3.05) is 19.6 Å². The zero-order chi connectivity index (χ0) is 27.7. The molecule has 2 heterocycles. The maximum Gasteiger partial charge on any atom is 0.247 e. The number of nitrogens with one attached hydrogen (secondary N) is 1. The van der Waals surface area contributed by atoms with Gasteiger partial charge in [0.15, 0.2) is 0 Å². The molecule has 39 heavy (non-hydrogen) atoms. The maximum absolute atomic E-state index is 15.4. The molecule has 1 atom stereocenters. The average Bonchev–Trinajstić information content (AvgIpc) is 3.32. The van der Waals surface area contributed by atoms with Gasteiger partial charge < -0.3 is 5.32 Å². The lowest BCUT2D eigenvalue weighted by Crippen LogP contribution is -2.52. The third-order valence-corrected chi connectivity index (χ3v) is 7.35. The van der Waals surface area contributed by atoms with Gasteiger partial charge in [-0.15, -0.1) is 0 Å². The zero-order valence-electron chi connectivity index (χ0n) is 21.7. The average molecular weight is 524 g/mol. The lowest BCUT2D eigenvalue weighted by molar-refractivity contribution is -0.117. The van der Waals surface area contributed by atoms with Crippen LogP contribution in [0, 0.1) is 34.4 Å². The number of amidine groups is 1. The van der Waals surface area contributed by atoms with Gasteiger partial charge in [0, 0.05) is 31.1 Å². The molecular weight excluding hydrogens is 496 g/mol. The molecule has 3 aromatic carbocycles. The van der Waals surface area contributed by atoms with Gasteiger partial charge in [0.25, 0.3) is 0 Å². The van der Waals surface area contributed by atoms with Crippen LogP contribution in [0.15, 0.2) is 65.7 Å². The Bertz CT molecular complexity index is 1540. The largest absolute Gasteiger partial charge is 0.309 e. The minimum Gasteiger partial charge on any atom is -0.309 e. The highest BCUT2D eigenvalue weighted by Gasteiger charge is 2.43. The van der Waals surface area contributed by atoms with Crippen molar-refractivity contribution in [3.63, 3.8) is 0 Å². The normalized spacial score (nSPS) is 16.6. The molecule has 3 aromatic rings. The molecule has 1 saturated heterocycles. The van der Waals surface area contributed by atoms with Crippen LogP contribution in [-0.4, -0.2) is 41.9 Å². The number of likely N-dealkylation sites (tertiary alicyclic amines) is 1. The number of nitrogens with zero attached hydrogens (tertiary/aromatic N) is 4. The fourth-order valence-corrected chi connectivity index (χ4v) is 5.77. The Kier molecular flexibility index (Phi) is 6.99. The van der Waals surface area contributed by atoms with Gasteiger partial charge in [0.2, 0.25) is 5.91 Å². The molecule has 196 valence electrons. The first-order valence-corrected chi connectivity index (χ1v) is 12.7. The fourth-order valence-electron chi connectivity index (χ4n) is 5.77. The molecule has 0 spiro atoms. The third kappa shape index (κ3) is 5.43. The summed E-state index contributed by atoms with van der Waals surface area (Å²) >= 11 is 0. The molecule has 1 amide bonds. The predicted octanol–water partition coefficient (Wildman–Crippen LogP) is 5.08. The van der Waals surface area contributed by atoms with E-state index in [1.807, 2.05) is 36.4 Å². The Morgan fingerprint density at radius 2 is 1.79 bits per heavy atom. The van der Waals surface area contributed by atoms with Crippen molar-refractivity contribution in [3.05, 3.63) is 94.3 Å². The highest BCUT2D eigenvalue weighted by molar-refractivity contribution is 6.15. The molecule has 1 fully saturated rings. The van der Waals surface area contributed by atoms with Crippen molar-refractivity contribution in [1.82, 2.24) is 10.2 Å². The van der Waals surface area contributed by atoms with E-state index in [1.54, 1.807) is 18.2 Å². The van der Waals surface area contributed by atoms with Crippen LogP contribution in [0.5, 0.6) is 0 Å². The standard InChI is InChI=1S/C31H27F2N5O/c1-31(2,33)29(23-10-20(14-35)11-25(32)12-23)24-17-38(18-24)16-22-4-3-5-26(30-36-15-27(39)37-30)28(22)21-8-6-19(13-34)7-9-21/h3-12,24,29H,15-18H2,1-2H3,(H,36,37,39)/t29-/m1/s1. The summed E-state index contributed by atoms with van der Waals surface area (Å²) in [6, 6.07) is 21.3. The van der Waals surface area contributed by atoms with Gasteiger partial charge in [0.1, 0.15) is 23.9 Å². The van der Waals surface area contributed by atoms with Crippen molar-refractivity contribution >= 4 is 11.7 Å². The molecule has 0 aromatic heterocycles. The van der Waals surface area contributed by atoms with Crippen LogP contribution in [0.25, 0.3) is 11.1 Å². The van der Waals surface area contributed by atoms with E-state index >= 15 is 4.39 Å². The topological polar surface area (TPSA) is 92.3 Å². The Morgan fingerprint density at radius 1 is 1.08 bits per heavy atom. The van der Waals surface area contributed by atoms with Crippen molar-refractivity contribution < 1.29 is 13.6 Å². The summed E-state index contributed by atoms with van der Waals surface area (Å²) in [5, 5.41) is 21.4. The number of aliphatic imine (C=N–C) groups is 1. The van der Waals surface area contributed by atoms with Crippen molar-refractivity contribution in [3.8, 4) is 23.3 Å². The first-order chi connectivity index (χ1) is 18.7. The van der Waals surface area contributed by atoms with Gasteiger partial charge in [-0.2, -0.15) is 10.5 Å². The van der Waals surface area contributed by atoms with Crippen LogP contribution in [0.1, 0.15) is 47.6 Å². The van der Waals surface area contributed by atoms with Crippen LogP contribution in [0.3, 0.4) is 0 Å². The minimum absolute atomic E-state index is 0.0571. The third-order valence-electron chi connectivity index (χ3n) is 7.35. The second-order valence-electron chi connectivity index (χ2n) is 10.6.